The molecule has 0 aliphatic carbocycles. The molecule has 29 heavy (non-hydrogen) atoms. The molecule has 1 aromatic rings. The molecule has 0 aromatic heterocycles. The van der Waals surface area contributed by atoms with Crippen LogP contribution in [0.1, 0.15) is 50.5 Å². The number of fused-ring (bicyclic) bond motifs is 1. The Morgan fingerprint density at radius 3 is 2.55 bits per heavy atom. The van der Waals surface area contributed by atoms with Gasteiger partial charge in [0.05, 0.1) is 6.61 Å². The van der Waals surface area contributed by atoms with E-state index in [1.807, 2.05) is 30.3 Å². The third-order valence-electron chi connectivity index (χ3n) is 6.63. The monoisotopic (exact) mass is 400 g/mol. The van der Waals surface area contributed by atoms with Crippen molar-refractivity contribution in [2.45, 2.75) is 63.6 Å². The number of esters is 1. The Balaban J connectivity index is 1.27. The summed E-state index contributed by atoms with van der Waals surface area (Å²) < 4.78 is 11.2. The fourth-order valence-corrected chi connectivity index (χ4v) is 5.09. The molecule has 0 N–H and O–H groups in total. The number of carbonyl (C=O) groups is 2. The van der Waals surface area contributed by atoms with Crippen LogP contribution in [0.4, 0.5) is 4.79 Å². The molecule has 3 aliphatic rings. The Labute approximate surface area is 173 Å². The van der Waals surface area contributed by atoms with Gasteiger partial charge in [-0.2, -0.15) is 0 Å². The van der Waals surface area contributed by atoms with Gasteiger partial charge in [0.1, 0.15) is 12.6 Å². The Bertz CT molecular complexity index is 693. The Morgan fingerprint density at radius 1 is 0.897 bits per heavy atom. The highest BCUT2D eigenvalue weighted by Gasteiger charge is 2.38. The Kier molecular flexibility index (Phi) is 6.70. The van der Waals surface area contributed by atoms with E-state index in [1.54, 1.807) is 4.90 Å². The van der Waals surface area contributed by atoms with Gasteiger partial charge < -0.3 is 9.47 Å². The Morgan fingerprint density at radius 2 is 1.69 bits per heavy atom. The average molecular weight is 401 g/mol. The van der Waals surface area contributed by atoms with E-state index in [4.69, 9.17) is 9.47 Å². The van der Waals surface area contributed by atoms with Gasteiger partial charge in [-0.05, 0) is 57.2 Å². The molecule has 0 bridgehead atoms. The average Bonchev–Trinajstić information content (AvgIpc) is 3.27. The first-order valence-corrected chi connectivity index (χ1v) is 11.1. The van der Waals surface area contributed by atoms with Crippen molar-refractivity contribution in [3.63, 3.8) is 0 Å². The molecular formula is C23H32N2O4. The van der Waals surface area contributed by atoms with Crippen LogP contribution in [0.25, 0.3) is 0 Å². The predicted octanol–water partition coefficient (Wildman–Crippen LogP) is 3.60. The number of likely N-dealkylation sites (tertiary alicyclic amines) is 1. The second-order valence-electron chi connectivity index (χ2n) is 8.52. The van der Waals surface area contributed by atoms with Crippen LogP contribution in [0, 0.1) is 5.92 Å². The lowest BCUT2D eigenvalue weighted by molar-refractivity contribution is -0.151. The fourth-order valence-electron chi connectivity index (χ4n) is 5.09. The zero-order valence-electron chi connectivity index (χ0n) is 17.1. The van der Waals surface area contributed by atoms with Crippen LogP contribution in [0.15, 0.2) is 30.3 Å². The standard InChI is InChI=1S/C23H32N2O4/c26-22(28-17-19-10-6-14-24-13-5-4-11-20(19)24)21-12-7-15-25(21)23(27)29-16-18-8-2-1-3-9-18/h1-3,8-9,19-21H,4-7,10-17H2/t19-,20+,21+/m1/s1. The maximum atomic E-state index is 12.8. The predicted molar refractivity (Wildman–Crippen MR) is 109 cm³/mol. The van der Waals surface area contributed by atoms with E-state index < -0.39 is 12.1 Å². The fraction of sp³-hybridized carbons (Fsp3) is 0.652. The molecule has 1 aromatic carbocycles. The second-order valence-corrected chi connectivity index (χ2v) is 8.52. The minimum atomic E-state index is -0.510. The van der Waals surface area contributed by atoms with Crippen molar-refractivity contribution in [3.05, 3.63) is 35.9 Å². The number of hydrogen-bond donors (Lipinski definition) is 0. The summed E-state index contributed by atoms with van der Waals surface area (Å²) in [6, 6.07) is 9.64. The van der Waals surface area contributed by atoms with Gasteiger partial charge in [0.2, 0.25) is 0 Å². The third-order valence-corrected chi connectivity index (χ3v) is 6.63. The first kappa shape index (κ1) is 20.2. The second kappa shape index (κ2) is 9.61. The number of nitrogens with zero attached hydrogens (tertiary/aromatic N) is 2. The van der Waals surface area contributed by atoms with Crippen LogP contribution >= 0.6 is 0 Å². The summed E-state index contributed by atoms with van der Waals surface area (Å²) in [5.74, 6) is 0.153. The molecule has 0 unspecified atom stereocenters. The maximum absolute atomic E-state index is 12.8. The van der Waals surface area contributed by atoms with E-state index >= 15 is 0 Å². The molecule has 6 heteroatoms. The first-order valence-electron chi connectivity index (χ1n) is 11.1. The van der Waals surface area contributed by atoms with Crippen molar-refractivity contribution in [2.24, 2.45) is 5.92 Å². The van der Waals surface area contributed by atoms with Gasteiger partial charge in [-0.25, -0.2) is 9.59 Å². The van der Waals surface area contributed by atoms with E-state index in [0.717, 1.165) is 18.4 Å². The van der Waals surface area contributed by atoms with Gasteiger partial charge >= 0.3 is 12.1 Å². The summed E-state index contributed by atoms with van der Waals surface area (Å²) in [7, 11) is 0. The summed E-state index contributed by atoms with van der Waals surface area (Å²) in [4.78, 5) is 29.4. The number of amides is 1. The van der Waals surface area contributed by atoms with Crippen molar-refractivity contribution >= 4 is 12.1 Å². The molecule has 3 heterocycles. The van der Waals surface area contributed by atoms with Crippen LogP contribution in [0.3, 0.4) is 0 Å². The van der Waals surface area contributed by atoms with Gasteiger partial charge in [0, 0.05) is 18.5 Å². The Hall–Kier alpha value is -2.08. The summed E-state index contributed by atoms with van der Waals surface area (Å²) >= 11 is 0. The molecule has 3 atom stereocenters. The van der Waals surface area contributed by atoms with Crippen molar-refractivity contribution < 1.29 is 19.1 Å². The highest BCUT2D eigenvalue weighted by atomic mass is 16.6. The molecule has 0 radical (unpaired) electrons. The lowest BCUT2D eigenvalue weighted by atomic mass is 9.84. The van der Waals surface area contributed by atoms with E-state index in [9.17, 15) is 9.59 Å². The molecule has 0 saturated carbocycles. The van der Waals surface area contributed by atoms with Crippen molar-refractivity contribution in [3.8, 4) is 0 Å². The molecule has 0 spiro atoms. The summed E-state index contributed by atoms with van der Waals surface area (Å²) in [6.45, 7) is 3.60. The number of ether oxygens (including phenoxy) is 2. The van der Waals surface area contributed by atoms with Crippen LogP contribution < -0.4 is 0 Å². The van der Waals surface area contributed by atoms with Gasteiger partial charge in [0.25, 0.3) is 0 Å². The number of piperidine rings is 2. The number of hydrogen-bond acceptors (Lipinski definition) is 5. The minimum absolute atomic E-state index is 0.220. The molecule has 3 fully saturated rings. The SMILES string of the molecule is O=C(OC[C@H]1CCCN2CCCC[C@@H]12)[C@@H]1CCCN1C(=O)OCc1ccccc1. The summed E-state index contributed by atoms with van der Waals surface area (Å²) in [5, 5.41) is 0. The zero-order chi connectivity index (χ0) is 20.1. The molecule has 1 amide bonds. The zero-order valence-corrected chi connectivity index (χ0v) is 17.1. The number of carbonyl (C=O) groups excluding carboxylic acids is 2. The van der Waals surface area contributed by atoms with E-state index in [-0.39, 0.29) is 12.6 Å². The van der Waals surface area contributed by atoms with Crippen LogP contribution in [-0.2, 0) is 20.9 Å². The molecular weight excluding hydrogens is 368 g/mol. The highest BCUT2D eigenvalue weighted by Crippen LogP contribution is 2.31. The number of rotatable bonds is 5. The lowest BCUT2D eigenvalue weighted by Gasteiger charge is -2.44. The van der Waals surface area contributed by atoms with Gasteiger partial charge in [-0.3, -0.25) is 9.80 Å². The molecule has 158 valence electrons. The van der Waals surface area contributed by atoms with Crippen LogP contribution in [0.5, 0.6) is 0 Å². The molecule has 6 nitrogen and oxygen atoms in total. The van der Waals surface area contributed by atoms with Crippen LogP contribution in [-0.4, -0.2) is 60.2 Å². The maximum Gasteiger partial charge on any atom is 0.410 e. The van der Waals surface area contributed by atoms with Gasteiger partial charge in [0.15, 0.2) is 0 Å². The third kappa shape index (κ3) is 4.92. The summed E-state index contributed by atoms with van der Waals surface area (Å²) in [6.07, 6.45) is 7.11. The lowest BCUT2D eigenvalue weighted by Crippen LogP contribution is -2.49. The van der Waals surface area contributed by atoms with Gasteiger partial charge in [-0.15, -0.1) is 0 Å². The largest absolute Gasteiger partial charge is 0.464 e. The number of benzene rings is 1. The van der Waals surface area contributed by atoms with Crippen molar-refractivity contribution in [1.82, 2.24) is 9.80 Å². The molecule has 4 rings (SSSR count). The van der Waals surface area contributed by atoms with Crippen molar-refractivity contribution in [2.75, 3.05) is 26.2 Å². The highest BCUT2D eigenvalue weighted by molar-refractivity contribution is 5.82. The first-order chi connectivity index (χ1) is 14.2. The van der Waals surface area contributed by atoms with Crippen molar-refractivity contribution in [1.29, 1.82) is 0 Å². The normalized spacial score (nSPS) is 27.3. The van der Waals surface area contributed by atoms with Crippen LogP contribution in [0.2, 0.25) is 0 Å². The van der Waals surface area contributed by atoms with E-state index in [2.05, 4.69) is 4.90 Å². The van der Waals surface area contributed by atoms with E-state index in [1.165, 1.54) is 38.8 Å². The molecule has 3 saturated heterocycles. The van der Waals surface area contributed by atoms with E-state index in [0.29, 0.717) is 31.5 Å². The van der Waals surface area contributed by atoms with Gasteiger partial charge in [-0.1, -0.05) is 36.8 Å². The smallest absolute Gasteiger partial charge is 0.410 e. The quantitative estimate of drug-likeness (QED) is 0.707. The summed E-state index contributed by atoms with van der Waals surface area (Å²) in [5.41, 5.74) is 0.938. The molecule has 3 aliphatic heterocycles. The minimum Gasteiger partial charge on any atom is -0.464 e. The topological polar surface area (TPSA) is 59.1 Å².